The molecule has 2 atom stereocenters. The zero-order chi connectivity index (χ0) is 29.1. The summed E-state index contributed by atoms with van der Waals surface area (Å²) in [5.41, 5.74) is -1.21. The summed E-state index contributed by atoms with van der Waals surface area (Å²) in [5, 5.41) is 14.6. The number of aromatic nitrogens is 1. The van der Waals surface area contributed by atoms with Gasteiger partial charge in [0.25, 0.3) is 5.91 Å². The first kappa shape index (κ1) is 30.6. The summed E-state index contributed by atoms with van der Waals surface area (Å²) in [5.74, 6) is -1.46. The molecule has 2 amide bonds. The molecule has 1 aliphatic heterocycles. The number of carbonyl (C=O) groups excluding carboxylic acids is 2. The number of nitrogens with two attached hydrogens (primary N) is 1. The zero-order valence-electron chi connectivity index (χ0n) is 20.8. The van der Waals surface area contributed by atoms with E-state index in [4.69, 9.17) is 28.6 Å². The summed E-state index contributed by atoms with van der Waals surface area (Å²) < 4.78 is 63.3. The van der Waals surface area contributed by atoms with Crippen molar-refractivity contribution in [2.24, 2.45) is 0 Å². The number of piperidine rings is 1. The van der Waals surface area contributed by atoms with E-state index in [1.165, 1.54) is 35.3 Å². The van der Waals surface area contributed by atoms with Gasteiger partial charge in [-0.2, -0.15) is 13.2 Å². The Kier molecular flexibility index (Phi) is 9.47. The number of hydrogen-bond donors (Lipinski definition) is 4. The number of pyridine rings is 1. The number of fused-ring (bicyclic) bond motifs is 1. The molecule has 39 heavy (non-hydrogen) atoms. The highest BCUT2D eigenvalue weighted by Crippen LogP contribution is 2.34. The van der Waals surface area contributed by atoms with Crippen molar-refractivity contribution in [3.63, 3.8) is 0 Å². The standard InChI is InChI=1S/C23H25Cl2F3N6O4S/c1-12(35)34-9-14(6-15(10-34)32-22(36)17(21(25)29)8-30-11-39(2,37)38)31-19-7-20(23(26,27)28)33-18-4-3-13(24)5-16(18)19/h3-5,7-8,14-15,29-30H,6,9-11H2,1-2H3,(H,31,33)(H,32,36)/p+1/b17-8+,29-21?/t14-,15+/m1/s1. The number of quaternary nitrogens is 1. The van der Waals surface area contributed by atoms with Crippen LogP contribution in [0.15, 0.2) is 36.0 Å². The van der Waals surface area contributed by atoms with Crippen molar-refractivity contribution in [2.45, 2.75) is 31.6 Å². The number of nitrogens with one attached hydrogen (secondary N) is 3. The van der Waals surface area contributed by atoms with Gasteiger partial charge < -0.3 is 20.9 Å². The Morgan fingerprint density at radius 1 is 1.26 bits per heavy atom. The molecule has 1 aromatic carbocycles. The Hall–Kier alpha value is -2.94. The van der Waals surface area contributed by atoms with Crippen LogP contribution in [0.25, 0.3) is 10.9 Å². The van der Waals surface area contributed by atoms with Gasteiger partial charge in [0.15, 0.2) is 15.7 Å². The van der Waals surface area contributed by atoms with Gasteiger partial charge in [-0.15, -0.1) is 0 Å². The molecule has 0 radical (unpaired) electrons. The van der Waals surface area contributed by atoms with Crippen molar-refractivity contribution in [2.75, 3.05) is 30.5 Å². The van der Waals surface area contributed by atoms with Gasteiger partial charge in [0.1, 0.15) is 22.6 Å². The van der Waals surface area contributed by atoms with Crippen molar-refractivity contribution in [3.05, 3.63) is 46.8 Å². The lowest BCUT2D eigenvalue weighted by molar-refractivity contribution is -0.568. The maximum Gasteiger partial charge on any atom is 0.433 e. The summed E-state index contributed by atoms with van der Waals surface area (Å²) in [6, 6.07) is 3.90. The van der Waals surface area contributed by atoms with Crippen LogP contribution in [0.1, 0.15) is 19.0 Å². The van der Waals surface area contributed by atoms with Crippen LogP contribution in [0.5, 0.6) is 0 Å². The molecule has 1 aromatic heterocycles. The minimum Gasteiger partial charge on any atom is -0.380 e. The molecule has 16 heteroatoms. The molecule has 0 saturated carbocycles. The van der Waals surface area contributed by atoms with Crippen LogP contribution < -0.4 is 16.0 Å². The molecule has 212 valence electrons. The monoisotopic (exact) mass is 609 g/mol. The topological polar surface area (TPSA) is 149 Å². The van der Waals surface area contributed by atoms with Gasteiger partial charge >= 0.3 is 6.18 Å². The normalized spacial score (nSPS) is 18.6. The van der Waals surface area contributed by atoms with Gasteiger partial charge in [-0.1, -0.05) is 23.2 Å². The van der Waals surface area contributed by atoms with Gasteiger partial charge in [0.05, 0.1) is 5.52 Å². The van der Waals surface area contributed by atoms with Crippen molar-refractivity contribution >= 4 is 66.6 Å². The van der Waals surface area contributed by atoms with Gasteiger partial charge in [-0.25, -0.2) is 13.4 Å². The largest absolute Gasteiger partial charge is 0.433 e. The Morgan fingerprint density at radius 2 is 1.92 bits per heavy atom. The first-order valence-electron chi connectivity index (χ1n) is 11.5. The molecule has 0 aliphatic carbocycles. The maximum absolute atomic E-state index is 13.5. The zero-order valence-corrected chi connectivity index (χ0v) is 23.1. The molecule has 0 spiro atoms. The minimum absolute atomic E-state index is 0.0709. The van der Waals surface area contributed by atoms with E-state index in [0.29, 0.717) is 10.4 Å². The summed E-state index contributed by atoms with van der Waals surface area (Å²) in [6.07, 6.45) is -2.37. The van der Waals surface area contributed by atoms with Gasteiger partial charge in [0.2, 0.25) is 5.91 Å². The Bertz CT molecular complexity index is 1430. The Balaban J connectivity index is 1.87. The van der Waals surface area contributed by atoms with Crippen molar-refractivity contribution in [1.82, 2.24) is 15.2 Å². The van der Waals surface area contributed by atoms with E-state index >= 15 is 0 Å². The van der Waals surface area contributed by atoms with Crippen LogP contribution in [-0.4, -0.2) is 72.6 Å². The second-order valence-electron chi connectivity index (χ2n) is 9.11. The number of sulfone groups is 1. The molecular formula is C23H26Cl2F3N6O4S+. The number of anilines is 1. The number of amides is 2. The molecule has 10 nitrogen and oxygen atoms in total. The van der Waals surface area contributed by atoms with Crippen LogP contribution in [0.4, 0.5) is 18.9 Å². The lowest BCUT2D eigenvalue weighted by Gasteiger charge is -2.38. The second-order valence-corrected chi connectivity index (χ2v) is 12.1. The predicted octanol–water partition coefficient (Wildman–Crippen LogP) is 2.09. The number of halogens is 5. The third-order valence-corrected chi connectivity index (χ3v) is 7.05. The number of alkyl halides is 3. The Morgan fingerprint density at radius 3 is 2.51 bits per heavy atom. The number of benzene rings is 1. The number of nitrogens with zero attached hydrogens (tertiary/aromatic N) is 2. The third-order valence-electron chi connectivity index (χ3n) is 5.82. The van der Waals surface area contributed by atoms with E-state index in [-0.39, 0.29) is 48.1 Å². The van der Waals surface area contributed by atoms with E-state index in [1.807, 2.05) is 0 Å². The Labute approximate surface area is 232 Å². The average Bonchev–Trinajstić information content (AvgIpc) is 2.80. The first-order chi connectivity index (χ1) is 18.0. The van der Waals surface area contributed by atoms with Gasteiger partial charge in [-0.05, 0) is 30.7 Å². The molecule has 0 bridgehead atoms. The quantitative estimate of drug-likeness (QED) is 0.266. The molecule has 5 N–H and O–H groups in total. The molecular weight excluding hydrogens is 584 g/mol. The highest BCUT2D eigenvalue weighted by molar-refractivity contribution is 7.90. The molecule has 1 fully saturated rings. The summed E-state index contributed by atoms with van der Waals surface area (Å²) in [6.45, 7) is 1.57. The fourth-order valence-corrected chi connectivity index (χ4v) is 4.87. The molecule has 1 saturated heterocycles. The second kappa shape index (κ2) is 12.1. The molecule has 0 unspecified atom stereocenters. The minimum atomic E-state index is -4.71. The fourth-order valence-electron chi connectivity index (χ4n) is 4.10. The number of hydrogen-bond acceptors (Lipinski definition) is 7. The predicted molar refractivity (Wildman–Crippen MR) is 141 cm³/mol. The summed E-state index contributed by atoms with van der Waals surface area (Å²) >= 11 is 11.8. The smallest absolute Gasteiger partial charge is 0.380 e. The number of carbonyl (C=O) groups is 2. The fraction of sp³-hybridized carbons (Fsp3) is 0.391. The lowest BCUT2D eigenvalue weighted by Crippen LogP contribution is -2.80. The number of rotatable bonds is 8. The van der Waals surface area contributed by atoms with E-state index in [1.54, 1.807) is 0 Å². The summed E-state index contributed by atoms with van der Waals surface area (Å²) in [7, 11) is -3.36. The van der Waals surface area contributed by atoms with Crippen molar-refractivity contribution in [3.8, 4) is 0 Å². The van der Waals surface area contributed by atoms with E-state index in [2.05, 4.69) is 15.6 Å². The van der Waals surface area contributed by atoms with Crippen molar-refractivity contribution in [1.29, 1.82) is 5.41 Å². The van der Waals surface area contributed by atoms with Gasteiger partial charge in [0, 0.05) is 54.4 Å². The SMILES string of the molecule is CC(=O)N1C[C@@H](NC(=O)/C(=C/[NH2+]CS(C)(=O)=O)C(=N)Cl)C[C@@H](Nc2cc(C(F)(F)F)nc3ccc(Cl)cc23)C1. The molecule has 3 rings (SSSR count). The molecule has 1 aliphatic rings. The highest BCUT2D eigenvalue weighted by atomic mass is 35.5. The molecule has 2 aromatic rings. The van der Waals surface area contributed by atoms with Crippen molar-refractivity contribution < 1.29 is 36.5 Å². The number of likely N-dealkylation sites (tertiary alicyclic amines) is 1. The van der Waals surface area contributed by atoms with E-state index < -0.39 is 44.9 Å². The van der Waals surface area contributed by atoms with E-state index in [0.717, 1.165) is 18.5 Å². The molecule has 2 heterocycles. The third kappa shape index (κ3) is 8.52. The van der Waals surface area contributed by atoms with Crippen LogP contribution in [-0.2, 0) is 25.6 Å². The maximum atomic E-state index is 13.5. The lowest BCUT2D eigenvalue weighted by atomic mass is 9.99. The van der Waals surface area contributed by atoms with Crippen LogP contribution >= 0.6 is 23.2 Å². The first-order valence-corrected chi connectivity index (χ1v) is 14.3. The van der Waals surface area contributed by atoms with Gasteiger partial charge in [-0.3, -0.25) is 15.0 Å². The van der Waals surface area contributed by atoms with Crippen LogP contribution in [0.3, 0.4) is 0 Å². The highest BCUT2D eigenvalue weighted by Gasteiger charge is 2.35. The average molecular weight is 610 g/mol. The van der Waals surface area contributed by atoms with Crippen LogP contribution in [0.2, 0.25) is 5.02 Å². The van der Waals surface area contributed by atoms with E-state index in [9.17, 15) is 31.2 Å². The van der Waals surface area contributed by atoms with Crippen LogP contribution in [0, 0.1) is 5.41 Å². The summed E-state index contributed by atoms with van der Waals surface area (Å²) in [4.78, 5) is 30.2.